The monoisotopic (exact) mass is 496 g/mol. The van der Waals surface area contributed by atoms with Crippen molar-refractivity contribution >= 4 is 16.9 Å². The van der Waals surface area contributed by atoms with Crippen molar-refractivity contribution in [3.8, 4) is 17.6 Å². The van der Waals surface area contributed by atoms with Crippen LogP contribution in [0.25, 0.3) is 11.0 Å². The third-order valence-electron chi connectivity index (χ3n) is 7.08. The zero-order valence-electron chi connectivity index (χ0n) is 20.4. The number of nitrogens with zero attached hydrogens (tertiary/aromatic N) is 6. The molecule has 2 unspecified atom stereocenters. The molecule has 5 rings (SSSR count). The van der Waals surface area contributed by atoms with Crippen LogP contribution in [0.5, 0.6) is 11.5 Å². The van der Waals surface area contributed by atoms with Crippen LogP contribution < -0.4 is 20.1 Å². The Bertz CT molecular complexity index is 1440. The van der Waals surface area contributed by atoms with Gasteiger partial charge in [-0.1, -0.05) is 13.0 Å². The van der Waals surface area contributed by atoms with Crippen LogP contribution in [0.1, 0.15) is 44.5 Å². The molecule has 0 N–H and O–H groups in total. The minimum absolute atomic E-state index is 0.0222. The van der Waals surface area contributed by atoms with Crippen molar-refractivity contribution in [2.24, 2.45) is 7.05 Å². The van der Waals surface area contributed by atoms with E-state index in [0.717, 1.165) is 12.0 Å². The molecule has 36 heavy (non-hydrogen) atoms. The first-order valence-electron chi connectivity index (χ1n) is 11.8. The van der Waals surface area contributed by atoms with E-state index in [4.69, 9.17) is 0 Å². The lowest BCUT2D eigenvalue weighted by molar-refractivity contribution is -0.286. The van der Waals surface area contributed by atoms with Gasteiger partial charge in [-0.3, -0.25) is 9.47 Å². The minimum atomic E-state index is -3.65. The third kappa shape index (κ3) is 4.01. The fourth-order valence-electron chi connectivity index (χ4n) is 5.09. The van der Waals surface area contributed by atoms with Gasteiger partial charge in [0.1, 0.15) is 17.3 Å². The number of rotatable bonds is 4. The SMILES string of the molecule is CCC1CN(c2nc(=O)n(C)c3ccc(C#N)nc23)[C@@H](C)CN1C(C)c1ccc2c(c1)OC(F)(F)O2. The van der Waals surface area contributed by atoms with Gasteiger partial charge in [-0.15, -0.1) is 8.78 Å². The zero-order chi connectivity index (χ0) is 25.8. The Morgan fingerprint density at radius 1 is 1.19 bits per heavy atom. The first-order chi connectivity index (χ1) is 17.1. The summed E-state index contributed by atoms with van der Waals surface area (Å²) in [6.07, 6.45) is -2.84. The van der Waals surface area contributed by atoms with E-state index in [2.05, 4.69) is 42.2 Å². The van der Waals surface area contributed by atoms with E-state index in [9.17, 15) is 18.8 Å². The number of aromatic nitrogens is 3. The molecule has 0 bridgehead atoms. The van der Waals surface area contributed by atoms with Crippen LogP contribution in [-0.4, -0.2) is 50.9 Å². The van der Waals surface area contributed by atoms with Crippen molar-refractivity contribution in [2.75, 3.05) is 18.0 Å². The third-order valence-corrected chi connectivity index (χ3v) is 7.08. The smallest absolute Gasteiger partial charge is 0.395 e. The lowest BCUT2D eigenvalue weighted by atomic mass is 9.98. The van der Waals surface area contributed by atoms with Crippen LogP contribution >= 0.6 is 0 Å². The number of aryl methyl sites for hydroxylation is 1. The highest BCUT2D eigenvalue weighted by Gasteiger charge is 2.44. The summed E-state index contributed by atoms with van der Waals surface area (Å²) in [5.41, 5.74) is 1.82. The summed E-state index contributed by atoms with van der Waals surface area (Å²) in [5, 5.41) is 9.37. The van der Waals surface area contributed by atoms with Gasteiger partial charge >= 0.3 is 12.0 Å². The number of piperazine rings is 1. The van der Waals surface area contributed by atoms with Crippen molar-refractivity contribution in [3.63, 3.8) is 0 Å². The predicted molar refractivity (Wildman–Crippen MR) is 128 cm³/mol. The normalized spacial score (nSPS) is 22.0. The van der Waals surface area contributed by atoms with Crippen molar-refractivity contribution in [3.05, 3.63) is 52.1 Å². The number of halogens is 2. The van der Waals surface area contributed by atoms with Gasteiger partial charge in [0.25, 0.3) is 0 Å². The van der Waals surface area contributed by atoms with Gasteiger partial charge in [0.2, 0.25) is 0 Å². The van der Waals surface area contributed by atoms with Gasteiger partial charge in [-0.2, -0.15) is 10.2 Å². The van der Waals surface area contributed by atoms with Gasteiger partial charge in [0.15, 0.2) is 17.3 Å². The molecule has 3 atom stereocenters. The highest BCUT2D eigenvalue weighted by atomic mass is 19.3. The molecule has 0 spiro atoms. The first-order valence-corrected chi connectivity index (χ1v) is 11.8. The Kier molecular flexibility index (Phi) is 5.79. The number of benzene rings is 1. The molecule has 2 aromatic heterocycles. The molecule has 2 aliphatic heterocycles. The summed E-state index contributed by atoms with van der Waals surface area (Å²) >= 11 is 0. The van der Waals surface area contributed by atoms with Gasteiger partial charge in [-0.05, 0) is 50.1 Å². The minimum Gasteiger partial charge on any atom is -0.395 e. The Balaban J connectivity index is 1.47. The molecule has 3 aromatic rings. The quantitative estimate of drug-likeness (QED) is 0.541. The summed E-state index contributed by atoms with van der Waals surface area (Å²) in [6, 6.07) is 10.2. The molecule has 11 heteroatoms. The largest absolute Gasteiger partial charge is 0.586 e. The molecular formula is C25H26F2N6O3. The maximum Gasteiger partial charge on any atom is 0.586 e. The van der Waals surface area contributed by atoms with E-state index in [1.54, 1.807) is 31.3 Å². The van der Waals surface area contributed by atoms with E-state index in [0.29, 0.717) is 29.9 Å². The molecule has 0 radical (unpaired) electrons. The van der Waals surface area contributed by atoms with Gasteiger partial charge in [0, 0.05) is 38.3 Å². The predicted octanol–water partition coefficient (Wildman–Crippen LogP) is 3.57. The van der Waals surface area contributed by atoms with Crippen LogP contribution in [0.3, 0.4) is 0 Å². The van der Waals surface area contributed by atoms with Gasteiger partial charge in [0.05, 0.1) is 5.52 Å². The van der Waals surface area contributed by atoms with E-state index >= 15 is 0 Å². The van der Waals surface area contributed by atoms with E-state index in [1.807, 2.05) is 13.8 Å². The molecular weight excluding hydrogens is 470 g/mol. The Labute approximate surface area is 206 Å². The maximum absolute atomic E-state index is 13.5. The Hall–Kier alpha value is -3.78. The molecule has 2 aliphatic rings. The van der Waals surface area contributed by atoms with Gasteiger partial charge < -0.3 is 14.4 Å². The number of nitriles is 1. The second-order valence-corrected chi connectivity index (χ2v) is 9.26. The molecule has 1 saturated heterocycles. The molecule has 0 saturated carbocycles. The summed E-state index contributed by atoms with van der Waals surface area (Å²) in [6.45, 7) is 7.39. The molecule has 188 valence electrons. The fourth-order valence-corrected chi connectivity index (χ4v) is 5.09. The van der Waals surface area contributed by atoms with Crippen LogP contribution in [0.4, 0.5) is 14.6 Å². The second-order valence-electron chi connectivity index (χ2n) is 9.26. The number of hydrogen-bond donors (Lipinski definition) is 0. The highest BCUT2D eigenvalue weighted by molar-refractivity contribution is 5.86. The van der Waals surface area contributed by atoms with Crippen molar-refractivity contribution < 1.29 is 18.3 Å². The number of alkyl halides is 2. The molecule has 9 nitrogen and oxygen atoms in total. The molecule has 0 amide bonds. The topological polar surface area (TPSA) is 96.5 Å². The molecule has 0 aliphatic carbocycles. The summed E-state index contributed by atoms with van der Waals surface area (Å²) in [7, 11) is 1.63. The summed E-state index contributed by atoms with van der Waals surface area (Å²) in [5.74, 6) is 0.516. The highest BCUT2D eigenvalue weighted by Crippen LogP contribution is 2.43. The average molecular weight is 497 g/mol. The molecule has 4 heterocycles. The van der Waals surface area contributed by atoms with Crippen molar-refractivity contribution in [2.45, 2.75) is 51.6 Å². The first kappa shape index (κ1) is 23.9. The number of hydrogen-bond acceptors (Lipinski definition) is 8. The van der Waals surface area contributed by atoms with E-state index < -0.39 is 12.0 Å². The summed E-state index contributed by atoms with van der Waals surface area (Å²) in [4.78, 5) is 25.9. The fraction of sp³-hybridized carbons (Fsp3) is 0.440. The van der Waals surface area contributed by atoms with Crippen LogP contribution in [0, 0.1) is 11.3 Å². The number of anilines is 1. The van der Waals surface area contributed by atoms with Crippen LogP contribution in [0.2, 0.25) is 0 Å². The van der Waals surface area contributed by atoms with Crippen LogP contribution in [0.15, 0.2) is 35.1 Å². The Morgan fingerprint density at radius 2 is 1.94 bits per heavy atom. The Morgan fingerprint density at radius 3 is 2.67 bits per heavy atom. The van der Waals surface area contributed by atoms with Gasteiger partial charge in [-0.25, -0.2) is 9.78 Å². The van der Waals surface area contributed by atoms with Crippen LogP contribution in [-0.2, 0) is 7.05 Å². The zero-order valence-corrected chi connectivity index (χ0v) is 20.4. The standard InChI is InChI=1S/C25H26F2N6O3/c1-5-18-13-32(23-22-19(31(4)24(34)30-23)8-7-17(11-28)29-22)14(2)12-33(18)15(3)16-6-9-20-21(10-16)36-25(26,27)35-20/h6-10,14-15,18H,5,12-13H2,1-4H3/t14-,15?,18?/m0/s1. The molecule has 1 fully saturated rings. The van der Waals surface area contributed by atoms with E-state index in [-0.39, 0.29) is 35.3 Å². The average Bonchev–Trinajstić information content (AvgIpc) is 3.18. The lowest BCUT2D eigenvalue weighted by Gasteiger charge is -2.48. The molecule has 1 aromatic carbocycles. The maximum atomic E-state index is 13.5. The number of ether oxygens (including phenoxy) is 2. The second kappa shape index (κ2) is 8.71. The number of fused-ring (bicyclic) bond motifs is 2. The lowest BCUT2D eigenvalue weighted by Crippen LogP contribution is -2.58. The number of pyridine rings is 1. The van der Waals surface area contributed by atoms with Crippen molar-refractivity contribution in [1.82, 2.24) is 19.4 Å². The van der Waals surface area contributed by atoms with Crippen molar-refractivity contribution in [1.29, 1.82) is 5.26 Å². The van der Waals surface area contributed by atoms with E-state index in [1.165, 1.54) is 10.6 Å². The summed E-state index contributed by atoms with van der Waals surface area (Å²) < 4.78 is 37.6.